The Morgan fingerprint density at radius 3 is 2.31 bits per heavy atom. The van der Waals surface area contributed by atoms with Crippen LogP contribution in [0.4, 0.5) is 17.2 Å². The second-order valence-electron chi connectivity index (χ2n) is 13.7. The Hall–Kier alpha value is -3.80. The number of benzene rings is 1. The summed E-state index contributed by atoms with van der Waals surface area (Å²) in [5, 5.41) is 0.967. The molecule has 8 rings (SSSR count). The number of carbonyl (C=O) groups is 1. The van der Waals surface area contributed by atoms with Gasteiger partial charge in [-0.3, -0.25) is 19.5 Å². The van der Waals surface area contributed by atoms with Crippen molar-refractivity contribution < 1.29 is 13.2 Å². The van der Waals surface area contributed by atoms with E-state index < -0.39 is 15.4 Å². The molecule has 1 N–H and O–H groups in total. The number of nitrogens with zero attached hydrogens (tertiary/aromatic N) is 6. The number of likely N-dealkylation sites (tertiary alicyclic amines) is 1. The number of piperidine rings is 2. The summed E-state index contributed by atoms with van der Waals surface area (Å²) in [6, 6.07) is 11.8. The van der Waals surface area contributed by atoms with Crippen molar-refractivity contribution in [3.63, 3.8) is 0 Å². The van der Waals surface area contributed by atoms with Crippen molar-refractivity contribution in [3.8, 4) is 11.1 Å². The minimum absolute atomic E-state index is 0. The molecule has 3 aromatic heterocycles. The number of nitrogens with one attached hydrogen (secondary N) is 1. The molecule has 252 valence electrons. The number of hydrogen-bond donors (Lipinski definition) is 1. The molecule has 10 nitrogen and oxygen atoms in total. The highest BCUT2D eigenvalue weighted by Crippen LogP contribution is 2.55. The summed E-state index contributed by atoms with van der Waals surface area (Å²) in [5.41, 5.74) is 5.18. The van der Waals surface area contributed by atoms with Gasteiger partial charge in [0.25, 0.3) is 10.0 Å². The highest BCUT2D eigenvalue weighted by molar-refractivity contribution is 7.92. The number of anilines is 3. The van der Waals surface area contributed by atoms with E-state index in [9.17, 15) is 13.2 Å². The van der Waals surface area contributed by atoms with Gasteiger partial charge in [-0.25, -0.2) is 13.4 Å². The molecule has 48 heavy (non-hydrogen) atoms. The SMILES string of the molecule is Cc1ccc(S(=O)(=O)Nc2cc(-c3ccc4ncc5c(c4c3)C3(CCC3)C(=O)N5C)cnc2N2CCC(N3CCCCC3)CC2)cn1.Cl. The topological polar surface area (TPSA) is 112 Å². The standard InChI is InChI=1S/C36H41N7O3S.ClH/c1-24-7-9-28(22-37-24)47(45,46)40-31-20-26(21-39-34(31)43-17-11-27(12-18-43)42-15-4-3-5-16-42)25-8-10-30-29(19-25)33-32(23-38-30)41(2)35(44)36(33)13-6-14-36;/h7-10,19-23,27,40H,3-6,11-18H2,1-2H3;1H. The maximum absolute atomic E-state index is 13.7. The molecule has 12 heteroatoms. The van der Waals surface area contributed by atoms with Gasteiger partial charge >= 0.3 is 0 Å². The largest absolute Gasteiger partial charge is 0.355 e. The van der Waals surface area contributed by atoms with E-state index in [0.29, 0.717) is 17.5 Å². The second-order valence-corrected chi connectivity index (χ2v) is 15.4. The van der Waals surface area contributed by atoms with Gasteiger partial charge in [0.15, 0.2) is 5.82 Å². The Kier molecular flexibility index (Phi) is 8.58. The number of pyridine rings is 3. The van der Waals surface area contributed by atoms with E-state index in [0.717, 1.165) is 84.2 Å². The normalized spacial score (nSPS) is 19.7. The Labute approximate surface area is 288 Å². The molecule has 1 saturated carbocycles. The van der Waals surface area contributed by atoms with E-state index in [4.69, 9.17) is 9.97 Å². The molecule has 3 fully saturated rings. The molecule has 4 aliphatic rings. The number of halogens is 1. The van der Waals surface area contributed by atoms with Crippen LogP contribution in [0.15, 0.2) is 59.9 Å². The van der Waals surface area contributed by atoms with Crippen LogP contribution in [-0.4, -0.2) is 73.4 Å². The lowest BCUT2D eigenvalue weighted by Crippen LogP contribution is -2.47. The predicted octanol–water partition coefficient (Wildman–Crippen LogP) is 6.08. The molecule has 1 aliphatic carbocycles. The lowest BCUT2D eigenvalue weighted by molar-refractivity contribution is -0.125. The van der Waals surface area contributed by atoms with Gasteiger partial charge < -0.3 is 14.7 Å². The molecular weight excluding hydrogens is 646 g/mol. The molecule has 0 bridgehead atoms. The fourth-order valence-corrected chi connectivity index (χ4v) is 9.13. The second kappa shape index (κ2) is 12.6. The molecule has 1 amide bonds. The van der Waals surface area contributed by atoms with Gasteiger partial charge in [-0.1, -0.05) is 18.9 Å². The van der Waals surface area contributed by atoms with Crippen molar-refractivity contribution in [1.82, 2.24) is 19.9 Å². The van der Waals surface area contributed by atoms with Crippen LogP contribution in [0.5, 0.6) is 0 Å². The van der Waals surface area contributed by atoms with E-state index >= 15 is 0 Å². The van der Waals surface area contributed by atoms with Crippen molar-refractivity contribution in [2.75, 3.05) is 47.7 Å². The Morgan fingerprint density at radius 1 is 0.854 bits per heavy atom. The third kappa shape index (κ3) is 5.49. The Balaban J connectivity index is 0.00000364. The molecular formula is C36H42ClN7O3S. The van der Waals surface area contributed by atoms with Crippen LogP contribution in [0.1, 0.15) is 62.6 Å². The van der Waals surface area contributed by atoms with Gasteiger partial charge in [-0.15, -0.1) is 12.4 Å². The zero-order valence-corrected chi connectivity index (χ0v) is 29.1. The third-order valence-corrected chi connectivity index (χ3v) is 12.3. The van der Waals surface area contributed by atoms with Crippen LogP contribution >= 0.6 is 12.4 Å². The molecule has 6 heterocycles. The van der Waals surface area contributed by atoms with Crippen LogP contribution < -0.4 is 14.5 Å². The monoisotopic (exact) mass is 687 g/mol. The molecule has 0 atom stereocenters. The maximum Gasteiger partial charge on any atom is 0.263 e. The first-order valence-corrected chi connectivity index (χ1v) is 18.4. The number of sulfonamides is 1. The zero-order valence-electron chi connectivity index (χ0n) is 27.5. The lowest BCUT2D eigenvalue weighted by atomic mass is 9.64. The minimum Gasteiger partial charge on any atom is -0.355 e. The molecule has 1 spiro atoms. The molecule has 2 saturated heterocycles. The highest BCUT2D eigenvalue weighted by Gasteiger charge is 2.54. The van der Waals surface area contributed by atoms with Crippen LogP contribution in [0, 0.1) is 6.92 Å². The average molecular weight is 688 g/mol. The lowest BCUT2D eigenvalue weighted by Gasteiger charge is -2.41. The number of rotatable bonds is 6. The number of likely N-dealkylation sites (N-methyl/N-ethyl adjacent to an activating group) is 1. The summed E-state index contributed by atoms with van der Waals surface area (Å²) >= 11 is 0. The zero-order chi connectivity index (χ0) is 32.3. The fraction of sp³-hybridized carbons (Fsp3) is 0.444. The van der Waals surface area contributed by atoms with E-state index in [2.05, 4.69) is 25.6 Å². The summed E-state index contributed by atoms with van der Waals surface area (Å²) in [5.74, 6) is 0.786. The van der Waals surface area contributed by atoms with E-state index in [-0.39, 0.29) is 23.2 Å². The van der Waals surface area contributed by atoms with Crippen LogP contribution in [-0.2, 0) is 20.2 Å². The number of fused-ring (bicyclic) bond motifs is 4. The van der Waals surface area contributed by atoms with Gasteiger partial charge in [0.2, 0.25) is 5.91 Å². The first kappa shape index (κ1) is 32.7. The predicted molar refractivity (Wildman–Crippen MR) is 192 cm³/mol. The number of aryl methyl sites for hydroxylation is 1. The van der Waals surface area contributed by atoms with Crippen molar-refractivity contribution in [3.05, 3.63) is 66.2 Å². The minimum atomic E-state index is -3.92. The summed E-state index contributed by atoms with van der Waals surface area (Å²) in [7, 11) is -2.09. The molecule has 0 unspecified atom stereocenters. The highest BCUT2D eigenvalue weighted by atomic mass is 35.5. The third-order valence-electron chi connectivity index (χ3n) is 10.9. The summed E-state index contributed by atoms with van der Waals surface area (Å²) in [6.07, 6.45) is 13.7. The smallest absolute Gasteiger partial charge is 0.263 e. The van der Waals surface area contributed by atoms with Gasteiger partial charge in [0.05, 0.1) is 28.5 Å². The van der Waals surface area contributed by atoms with Gasteiger partial charge in [-0.05, 0) is 94.4 Å². The van der Waals surface area contributed by atoms with Crippen LogP contribution in [0.2, 0.25) is 0 Å². The average Bonchev–Trinajstić information content (AvgIpc) is 3.31. The maximum atomic E-state index is 13.7. The number of hydrogen-bond acceptors (Lipinski definition) is 8. The van der Waals surface area contributed by atoms with E-state index in [1.54, 1.807) is 17.0 Å². The summed E-state index contributed by atoms with van der Waals surface area (Å²) in [4.78, 5) is 34.0. The van der Waals surface area contributed by atoms with E-state index in [1.165, 1.54) is 38.5 Å². The van der Waals surface area contributed by atoms with E-state index in [1.807, 2.05) is 44.6 Å². The number of carbonyl (C=O) groups excluding carboxylic acids is 1. The molecule has 1 aromatic carbocycles. The molecule has 4 aromatic rings. The molecule has 0 radical (unpaired) electrons. The van der Waals surface area contributed by atoms with Crippen molar-refractivity contribution in [2.45, 2.75) is 74.6 Å². The number of amides is 1. The van der Waals surface area contributed by atoms with Crippen molar-refractivity contribution in [2.24, 2.45) is 0 Å². The van der Waals surface area contributed by atoms with Gasteiger partial charge in [-0.2, -0.15) is 0 Å². The van der Waals surface area contributed by atoms with Crippen LogP contribution in [0.25, 0.3) is 22.0 Å². The Bertz CT molecular complexity index is 1970. The summed E-state index contributed by atoms with van der Waals surface area (Å²) < 4.78 is 30.2. The van der Waals surface area contributed by atoms with Crippen molar-refractivity contribution in [1.29, 1.82) is 0 Å². The fourth-order valence-electron chi connectivity index (χ4n) is 8.14. The first-order chi connectivity index (χ1) is 22.7. The quantitative estimate of drug-likeness (QED) is 0.260. The Morgan fingerprint density at radius 2 is 1.62 bits per heavy atom. The van der Waals surface area contributed by atoms with Crippen LogP contribution in [0.3, 0.4) is 0 Å². The first-order valence-electron chi connectivity index (χ1n) is 16.9. The van der Waals surface area contributed by atoms with Gasteiger partial charge in [0.1, 0.15) is 4.90 Å². The molecule has 3 aliphatic heterocycles. The summed E-state index contributed by atoms with van der Waals surface area (Å²) in [6.45, 7) is 5.79. The van der Waals surface area contributed by atoms with Crippen molar-refractivity contribution >= 4 is 56.4 Å². The number of aromatic nitrogens is 3. The van der Waals surface area contributed by atoms with Gasteiger partial charge in [0, 0.05) is 60.8 Å².